The monoisotopic (exact) mass is 279 g/mol. The molecule has 0 aromatic rings. The number of hydrogen-bond donors (Lipinski definition) is 1. The van der Waals surface area contributed by atoms with Crippen molar-refractivity contribution in [2.24, 2.45) is 17.6 Å². The fraction of sp³-hybridized carbons (Fsp3) is 1.00. The molecule has 20 heavy (non-hydrogen) atoms. The molecule has 2 saturated carbocycles. The molecule has 2 atom stereocenters. The van der Waals surface area contributed by atoms with Crippen LogP contribution in [-0.2, 0) is 0 Å². The average Bonchev–Trinajstić information content (AvgIpc) is 3.32. The third kappa shape index (κ3) is 2.65. The standard InChI is InChI=1S/C17H33N3/c1-14(2)16-5-3-4-8-17(16,13-18)20-11-9-19(10-12-20)15-6-7-15/h14-16H,3-13,18H2,1-2H3. The van der Waals surface area contributed by atoms with E-state index >= 15 is 0 Å². The van der Waals surface area contributed by atoms with E-state index in [0.717, 1.165) is 24.4 Å². The van der Waals surface area contributed by atoms with E-state index in [1.807, 2.05) is 0 Å². The van der Waals surface area contributed by atoms with Crippen LogP contribution in [0.25, 0.3) is 0 Å². The first-order valence-corrected chi connectivity index (χ1v) is 8.86. The van der Waals surface area contributed by atoms with E-state index in [4.69, 9.17) is 5.73 Å². The highest BCUT2D eigenvalue weighted by atomic mass is 15.3. The van der Waals surface area contributed by atoms with Crippen LogP contribution in [0.3, 0.4) is 0 Å². The number of nitrogens with two attached hydrogens (primary N) is 1. The van der Waals surface area contributed by atoms with Crippen molar-refractivity contribution in [3.63, 3.8) is 0 Å². The first-order chi connectivity index (χ1) is 9.67. The lowest BCUT2D eigenvalue weighted by Crippen LogP contribution is -2.65. The summed E-state index contributed by atoms with van der Waals surface area (Å²) in [6, 6.07) is 0.929. The molecule has 0 aromatic heterocycles. The molecule has 0 aromatic carbocycles. The molecule has 0 amide bonds. The van der Waals surface area contributed by atoms with Crippen LogP contribution in [0.5, 0.6) is 0 Å². The summed E-state index contributed by atoms with van der Waals surface area (Å²) in [7, 11) is 0. The highest BCUT2D eigenvalue weighted by molar-refractivity contribution is 5.03. The van der Waals surface area contributed by atoms with E-state index in [1.54, 1.807) is 0 Å². The van der Waals surface area contributed by atoms with Crippen molar-refractivity contribution in [2.75, 3.05) is 32.7 Å². The molecule has 3 rings (SSSR count). The van der Waals surface area contributed by atoms with Gasteiger partial charge in [0.25, 0.3) is 0 Å². The Balaban J connectivity index is 1.70. The first-order valence-electron chi connectivity index (χ1n) is 8.86. The van der Waals surface area contributed by atoms with E-state index in [9.17, 15) is 0 Å². The smallest absolute Gasteiger partial charge is 0.0363 e. The van der Waals surface area contributed by atoms with Gasteiger partial charge in [0.15, 0.2) is 0 Å². The van der Waals surface area contributed by atoms with Crippen molar-refractivity contribution >= 4 is 0 Å². The van der Waals surface area contributed by atoms with E-state index in [2.05, 4.69) is 23.6 Å². The SMILES string of the molecule is CC(C)C1CCCCC1(CN)N1CCN(C2CC2)CC1. The van der Waals surface area contributed by atoms with Gasteiger partial charge < -0.3 is 5.73 Å². The predicted molar refractivity (Wildman–Crippen MR) is 84.7 cm³/mol. The predicted octanol–water partition coefficient (Wildman–Crippen LogP) is 2.31. The van der Waals surface area contributed by atoms with Gasteiger partial charge in [0.05, 0.1) is 0 Å². The van der Waals surface area contributed by atoms with Gasteiger partial charge in [0, 0.05) is 44.3 Å². The lowest BCUT2D eigenvalue weighted by atomic mass is 9.66. The van der Waals surface area contributed by atoms with E-state index in [0.29, 0.717) is 5.54 Å². The molecule has 3 aliphatic rings. The lowest BCUT2D eigenvalue weighted by molar-refractivity contribution is -0.0407. The zero-order valence-electron chi connectivity index (χ0n) is 13.5. The summed E-state index contributed by atoms with van der Waals surface area (Å²) in [5.41, 5.74) is 6.66. The largest absolute Gasteiger partial charge is 0.329 e. The number of piperazine rings is 1. The third-order valence-corrected chi connectivity index (χ3v) is 6.23. The molecular formula is C17H33N3. The first kappa shape index (κ1) is 14.8. The van der Waals surface area contributed by atoms with E-state index in [-0.39, 0.29) is 0 Å². The Labute approximate surface area is 124 Å². The quantitative estimate of drug-likeness (QED) is 0.857. The minimum atomic E-state index is 0.308. The van der Waals surface area contributed by atoms with Gasteiger partial charge in [-0.3, -0.25) is 9.80 Å². The Morgan fingerprint density at radius 1 is 1.05 bits per heavy atom. The van der Waals surface area contributed by atoms with Gasteiger partial charge in [-0.1, -0.05) is 26.7 Å². The number of hydrogen-bond acceptors (Lipinski definition) is 3. The molecule has 116 valence electrons. The Morgan fingerprint density at radius 2 is 1.75 bits per heavy atom. The summed E-state index contributed by atoms with van der Waals surface area (Å²) < 4.78 is 0. The van der Waals surface area contributed by atoms with Crippen LogP contribution in [0.4, 0.5) is 0 Å². The summed E-state index contributed by atoms with van der Waals surface area (Å²) in [5.74, 6) is 1.56. The van der Waals surface area contributed by atoms with Gasteiger partial charge in [-0.25, -0.2) is 0 Å². The normalized spacial score (nSPS) is 37.5. The van der Waals surface area contributed by atoms with Gasteiger partial charge in [0.2, 0.25) is 0 Å². The summed E-state index contributed by atoms with van der Waals surface area (Å²) in [6.07, 6.45) is 8.39. The molecule has 3 fully saturated rings. The summed E-state index contributed by atoms with van der Waals surface area (Å²) in [4.78, 5) is 5.50. The summed E-state index contributed by atoms with van der Waals surface area (Å²) in [5, 5.41) is 0. The van der Waals surface area contributed by atoms with E-state index < -0.39 is 0 Å². The fourth-order valence-electron chi connectivity index (χ4n) is 4.95. The van der Waals surface area contributed by atoms with Crippen LogP contribution in [0.15, 0.2) is 0 Å². The Kier molecular flexibility index (Phi) is 4.40. The molecule has 2 N–H and O–H groups in total. The minimum Gasteiger partial charge on any atom is -0.329 e. The lowest BCUT2D eigenvalue weighted by Gasteiger charge is -2.55. The third-order valence-electron chi connectivity index (χ3n) is 6.23. The van der Waals surface area contributed by atoms with Crippen molar-refractivity contribution in [3.05, 3.63) is 0 Å². The molecule has 2 unspecified atom stereocenters. The second-order valence-electron chi connectivity index (χ2n) is 7.66. The Bertz CT molecular complexity index is 318. The van der Waals surface area contributed by atoms with Crippen LogP contribution in [0.1, 0.15) is 52.4 Å². The highest BCUT2D eigenvalue weighted by Crippen LogP contribution is 2.42. The minimum absolute atomic E-state index is 0.308. The second kappa shape index (κ2) is 5.94. The Hall–Kier alpha value is -0.120. The zero-order chi connectivity index (χ0) is 14.2. The van der Waals surface area contributed by atoms with Crippen LogP contribution < -0.4 is 5.73 Å². The van der Waals surface area contributed by atoms with Crippen LogP contribution in [0, 0.1) is 11.8 Å². The van der Waals surface area contributed by atoms with Crippen LogP contribution >= 0.6 is 0 Å². The maximum atomic E-state index is 6.35. The van der Waals surface area contributed by atoms with Crippen molar-refractivity contribution in [1.82, 2.24) is 9.80 Å². The van der Waals surface area contributed by atoms with Crippen molar-refractivity contribution in [3.8, 4) is 0 Å². The Morgan fingerprint density at radius 3 is 2.30 bits per heavy atom. The molecule has 0 radical (unpaired) electrons. The van der Waals surface area contributed by atoms with Gasteiger partial charge in [-0.2, -0.15) is 0 Å². The van der Waals surface area contributed by atoms with Gasteiger partial charge >= 0.3 is 0 Å². The number of nitrogens with zero attached hydrogens (tertiary/aromatic N) is 2. The molecule has 0 spiro atoms. The molecular weight excluding hydrogens is 246 g/mol. The summed E-state index contributed by atoms with van der Waals surface area (Å²) in [6.45, 7) is 10.7. The zero-order valence-corrected chi connectivity index (χ0v) is 13.5. The van der Waals surface area contributed by atoms with E-state index in [1.165, 1.54) is 64.7 Å². The van der Waals surface area contributed by atoms with Crippen LogP contribution in [0.2, 0.25) is 0 Å². The maximum Gasteiger partial charge on any atom is 0.0363 e. The van der Waals surface area contributed by atoms with Crippen molar-refractivity contribution < 1.29 is 0 Å². The molecule has 3 nitrogen and oxygen atoms in total. The van der Waals surface area contributed by atoms with Gasteiger partial charge in [0.1, 0.15) is 0 Å². The van der Waals surface area contributed by atoms with Crippen molar-refractivity contribution in [2.45, 2.75) is 64.0 Å². The van der Waals surface area contributed by atoms with Crippen molar-refractivity contribution in [1.29, 1.82) is 0 Å². The average molecular weight is 279 g/mol. The maximum absolute atomic E-state index is 6.35. The van der Waals surface area contributed by atoms with Gasteiger partial charge in [-0.15, -0.1) is 0 Å². The molecule has 0 bridgehead atoms. The van der Waals surface area contributed by atoms with Crippen LogP contribution in [-0.4, -0.2) is 54.1 Å². The topological polar surface area (TPSA) is 32.5 Å². The second-order valence-corrected chi connectivity index (χ2v) is 7.66. The molecule has 1 heterocycles. The molecule has 1 aliphatic heterocycles. The summed E-state index contributed by atoms with van der Waals surface area (Å²) >= 11 is 0. The molecule has 3 heteroatoms. The molecule has 1 saturated heterocycles. The highest BCUT2D eigenvalue weighted by Gasteiger charge is 2.46. The molecule has 2 aliphatic carbocycles. The van der Waals surface area contributed by atoms with Gasteiger partial charge in [-0.05, 0) is 37.5 Å². The fourth-order valence-corrected chi connectivity index (χ4v) is 4.95. The number of rotatable bonds is 4.